The van der Waals surface area contributed by atoms with Crippen LogP contribution in [0.5, 0.6) is 5.75 Å². The van der Waals surface area contributed by atoms with Crippen LogP contribution in [-0.4, -0.2) is 96.6 Å². The minimum absolute atomic E-state index is 0.00243. The number of imidazole rings is 1. The molecular formula is C38H58N10O8S2. The van der Waals surface area contributed by atoms with E-state index in [1.807, 2.05) is 65.2 Å². The van der Waals surface area contributed by atoms with Gasteiger partial charge in [-0.05, 0) is 71.0 Å². The summed E-state index contributed by atoms with van der Waals surface area (Å²) in [4.78, 5) is 29.2. The smallest absolute Gasteiger partial charge is 0.410 e. The molecule has 320 valence electrons. The van der Waals surface area contributed by atoms with Gasteiger partial charge in [-0.15, -0.1) is 0 Å². The highest BCUT2D eigenvalue weighted by Gasteiger charge is 2.34. The van der Waals surface area contributed by atoms with Gasteiger partial charge in [-0.2, -0.15) is 5.10 Å². The Balaban J connectivity index is 0.000000646. The second-order valence-corrected chi connectivity index (χ2v) is 16.0. The predicted octanol–water partition coefficient (Wildman–Crippen LogP) is 5.33. The van der Waals surface area contributed by atoms with Crippen molar-refractivity contribution in [2.45, 2.75) is 89.5 Å². The summed E-state index contributed by atoms with van der Waals surface area (Å²) in [5.41, 5.74) is 9.71. The van der Waals surface area contributed by atoms with Crippen LogP contribution < -0.4 is 32.1 Å². The fourth-order valence-corrected chi connectivity index (χ4v) is 6.50. The van der Waals surface area contributed by atoms with Crippen LogP contribution in [0, 0.1) is 6.92 Å². The molecule has 58 heavy (non-hydrogen) atoms. The van der Waals surface area contributed by atoms with Crippen LogP contribution in [0.3, 0.4) is 0 Å². The van der Waals surface area contributed by atoms with Crippen LogP contribution in [-0.2, 0) is 36.9 Å². The van der Waals surface area contributed by atoms with Crippen LogP contribution >= 0.6 is 12.0 Å². The van der Waals surface area contributed by atoms with E-state index in [4.69, 9.17) is 35.3 Å². The number of aldehydes is 1. The number of hydrogen-bond acceptors (Lipinski definition) is 15. The molecule has 0 radical (unpaired) electrons. The van der Waals surface area contributed by atoms with Crippen LogP contribution in [0.25, 0.3) is 11.0 Å². The van der Waals surface area contributed by atoms with Gasteiger partial charge in [0.15, 0.2) is 6.29 Å². The van der Waals surface area contributed by atoms with Crippen LogP contribution in [0.4, 0.5) is 22.1 Å². The van der Waals surface area contributed by atoms with Gasteiger partial charge >= 0.3 is 6.09 Å². The lowest BCUT2D eigenvalue weighted by molar-refractivity contribution is -0.0647. The number of nitrogens with zero attached hydrogens (tertiary/aromatic N) is 5. The third-order valence-electron chi connectivity index (χ3n) is 8.13. The van der Waals surface area contributed by atoms with Gasteiger partial charge in [-0.25, -0.2) is 33.5 Å². The summed E-state index contributed by atoms with van der Waals surface area (Å²) >= 11 is 0.967. The molecule has 1 amide bonds. The molecule has 8 N–H and O–H groups in total. The average molecular weight is 847 g/mol. The molecule has 20 heteroatoms. The van der Waals surface area contributed by atoms with Gasteiger partial charge in [0.25, 0.3) is 0 Å². The number of ether oxygens (including phenoxy) is 3. The Morgan fingerprint density at radius 3 is 2.43 bits per heavy atom. The lowest BCUT2D eigenvalue weighted by Crippen LogP contribution is -2.56. The Hall–Kier alpha value is -4.86. The standard InChI is InChI=1S/C29H42N8O7S2.C7H10N2O.C2H6/c1-29(2,3)43-28(38)36-17-19(18-36)41-12-7-13-42-25-15-20(45-44-31)14-22(30)26(25)34-10-5-6-11-37-24-9-8-21(46(32,39)40)16-23(24)35-27(37)33-4;1-3-9-7(5-10)4-6(2)8-9;1-2/h5-6,8-9,14-16,19,34H,7,10-13,17-18,30-31H2,1-4H3,(H,33,35)(H2,32,39,40);4-5H,3H2,1-2H3;1-2H3/b6-5+;;. The number of benzene rings is 2. The SMILES string of the molecule is CC.CCn1nc(C)cc1C=O.CNc1nc2cc(S(N)(=O)=O)ccc2n1C/C=C/CNc1c(N)cc(SON)cc1OCCCOC1CN(C(=O)OC(C)(C)C)C1. The fraction of sp³-hybridized carbons (Fsp3) is 0.474. The van der Waals surface area contributed by atoms with Crippen molar-refractivity contribution in [3.8, 4) is 5.75 Å². The van der Waals surface area contributed by atoms with Gasteiger partial charge < -0.3 is 40.0 Å². The van der Waals surface area contributed by atoms with E-state index in [0.29, 0.717) is 85.0 Å². The van der Waals surface area contributed by atoms with Gasteiger partial charge in [-0.3, -0.25) is 9.48 Å². The first-order valence-corrected chi connectivity index (χ1v) is 21.1. The molecule has 0 aliphatic carbocycles. The highest BCUT2D eigenvalue weighted by molar-refractivity contribution is 7.94. The maximum absolute atomic E-state index is 12.1. The highest BCUT2D eigenvalue weighted by Crippen LogP contribution is 2.36. The minimum atomic E-state index is -3.84. The normalized spacial score (nSPS) is 13.0. The Morgan fingerprint density at radius 1 is 1.10 bits per heavy atom. The summed E-state index contributed by atoms with van der Waals surface area (Å²) in [5.74, 6) is 6.36. The number of anilines is 3. The topological polar surface area (TPSA) is 246 Å². The monoisotopic (exact) mass is 846 g/mol. The quantitative estimate of drug-likeness (QED) is 0.0225. The van der Waals surface area contributed by atoms with Crippen molar-refractivity contribution in [3.63, 3.8) is 0 Å². The van der Waals surface area contributed by atoms with E-state index in [0.717, 1.165) is 36.1 Å². The number of nitrogen functional groups attached to an aromatic ring is 1. The average Bonchev–Trinajstić information content (AvgIpc) is 3.71. The number of fused-ring (bicyclic) bond motifs is 1. The zero-order chi connectivity index (χ0) is 43.0. The number of hydrogen-bond donors (Lipinski definition) is 5. The summed E-state index contributed by atoms with van der Waals surface area (Å²) < 4.78 is 49.1. The first kappa shape index (κ1) is 47.5. The predicted molar refractivity (Wildman–Crippen MR) is 227 cm³/mol. The Bertz CT molecular complexity index is 2090. The summed E-state index contributed by atoms with van der Waals surface area (Å²) in [6.45, 7) is 16.8. The third kappa shape index (κ3) is 13.9. The number of likely N-dealkylation sites (tertiary alicyclic amines) is 1. The number of primary sulfonamides is 1. The number of nitrogens with one attached hydrogen (secondary N) is 2. The molecule has 1 aliphatic heterocycles. The molecule has 4 aromatic rings. The number of allylic oxidation sites excluding steroid dienone is 1. The molecule has 0 saturated carbocycles. The molecule has 0 atom stereocenters. The Labute approximate surface area is 345 Å². The van der Waals surface area contributed by atoms with E-state index in [9.17, 15) is 18.0 Å². The summed E-state index contributed by atoms with van der Waals surface area (Å²) in [5, 5.41) is 15.7. The molecule has 2 aromatic carbocycles. The van der Waals surface area contributed by atoms with Gasteiger partial charge in [0, 0.05) is 38.0 Å². The van der Waals surface area contributed by atoms with Crippen LogP contribution in [0.1, 0.15) is 64.1 Å². The molecule has 3 heterocycles. The van der Waals surface area contributed by atoms with Gasteiger partial charge in [0.05, 0.1) is 71.8 Å². The molecule has 0 unspecified atom stereocenters. The fourth-order valence-electron chi connectivity index (χ4n) is 5.53. The summed E-state index contributed by atoms with van der Waals surface area (Å²) in [6.07, 6.45) is 4.97. The van der Waals surface area contributed by atoms with E-state index in [2.05, 4.69) is 20.7 Å². The molecule has 18 nitrogen and oxygen atoms in total. The van der Waals surface area contributed by atoms with Gasteiger partial charge in [0.2, 0.25) is 16.0 Å². The number of aryl methyl sites for hydroxylation is 2. The zero-order valence-corrected chi connectivity index (χ0v) is 36.1. The van der Waals surface area contributed by atoms with Crippen molar-refractivity contribution in [2.75, 3.05) is 56.3 Å². The molecule has 0 bridgehead atoms. The second kappa shape index (κ2) is 22.3. The minimum Gasteiger partial charge on any atom is -0.491 e. The number of aromatic nitrogens is 4. The second-order valence-electron chi connectivity index (χ2n) is 13.6. The number of carbonyl (C=O) groups is 2. The number of carbonyl (C=O) groups excluding carboxylic acids is 2. The number of nitrogens with two attached hydrogens (primary N) is 3. The van der Waals surface area contributed by atoms with Crippen molar-refractivity contribution in [1.82, 2.24) is 24.2 Å². The van der Waals surface area contributed by atoms with E-state index >= 15 is 0 Å². The molecule has 0 spiro atoms. The number of rotatable bonds is 17. The summed E-state index contributed by atoms with van der Waals surface area (Å²) in [6, 6.07) is 9.89. The van der Waals surface area contributed by atoms with Crippen molar-refractivity contribution in [2.24, 2.45) is 11.0 Å². The maximum Gasteiger partial charge on any atom is 0.410 e. The molecule has 5 rings (SSSR count). The molecule has 1 saturated heterocycles. The van der Waals surface area contributed by atoms with Crippen molar-refractivity contribution >= 4 is 62.8 Å². The largest absolute Gasteiger partial charge is 0.491 e. The first-order chi connectivity index (χ1) is 27.6. The highest BCUT2D eigenvalue weighted by atomic mass is 32.2. The zero-order valence-electron chi connectivity index (χ0n) is 34.5. The van der Waals surface area contributed by atoms with Gasteiger partial charge in [-0.1, -0.05) is 26.0 Å². The number of amides is 1. The van der Waals surface area contributed by atoms with Crippen LogP contribution in [0.15, 0.2) is 58.3 Å². The molecular weight excluding hydrogens is 789 g/mol. The Kier molecular flexibility index (Phi) is 18.3. The first-order valence-electron chi connectivity index (χ1n) is 18.8. The summed E-state index contributed by atoms with van der Waals surface area (Å²) in [7, 11) is -2.10. The van der Waals surface area contributed by atoms with Gasteiger partial charge in [0.1, 0.15) is 22.7 Å². The van der Waals surface area contributed by atoms with Crippen molar-refractivity contribution in [3.05, 3.63) is 59.9 Å². The maximum atomic E-state index is 12.1. The van der Waals surface area contributed by atoms with Crippen LogP contribution in [0.2, 0.25) is 0 Å². The molecule has 2 aromatic heterocycles. The van der Waals surface area contributed by atoms with Crippen molar-refractivity contribution < 1.29 is 36.5 Å². The third-order valence-corrected chi connectivity index (χ3v) is 9.56. The van der Waals surface area contributed by atoms with E-state index in [1.165, 1.54) is 12.1 Å². The molecule has 1 aliphatic rings. The lowest BCUT2D eigenvalue weighted by Gasteiger charge is -2.39. The number of sulfonamides is 1. The van der Waals surface area contributed by atoms with E-state index in [1.54, 1.807) is 40.9 Å². The molecule has 1 fully saturated rings. The lowest BCUT2D eigenvalue weighted by atomic mass is 10.2. The van der Waals surface area contributed by atoms with E-state index in [-0.39, 0.29) is 17.1 Å². The Morgan fingerprint density at radius 2 is 1.83 bits per heavy atom. The van der Waals surface area contributed by atoms with Crippen molar-refractivity contribution in [1.29, 1.82) is 0 Å². The van der Waals surface area contributed by atoms with E-state index < -0.39 is 15.6 Å².